The maximum atomic E-state index is 10.0. The van der Waals surface area contributed by atoms with Gasteiger partial charge in [-0.3, -0.25) is 0 Å². The molecular weight excluding hydrogens is 458 g/mol. The normalized spacial score (nSPS) is 15.0. The van der Waals surface area contributed by atoms with Crippen LogP contribution in [-0.4, -0.2) is 59.7 Å². The maximum absolute atomic E-state index is 10.0. The topological polar surface area (TPSA) is 126 Å². The third kappa shape index (κ3) is 5.73. The van der Waals surface area contributed by atoms with Gasteiger partial charge in [0.2, 0.25) is 0 Å². The van der Waals surface area contributed by atoms with Crippen LogP contribution < -0.4 is 10.1 Å². The molecule has 0 aliphatic carbocycles. The summed E-state index contributed by atoms with van der Waals surface area (Å²) in [6.45, 7) is 7.87. The van der Waals surface area contributed by atoms with Crippen LogP contribution in [0.25, 0.3) is 22.6 Å². The highest BCUT2D eigenvalue weighted by Gasteiger charge is 2.24. The second-order valence-electron chi connectivity index (χ2n) is 9.27. The Bertz CT molecular complexity index is 1220. The second kappa shape index (κ2) is 11.6. The Morgan fingerprint density at radius 2 is 2.00 bits per heavy atom. The zero-order valence-electron chi connectivity index (χ0n) is 21.3. The van der Waals surface area contributed by atoms with E-state index in [1.54, 1.807) is 25.2 Å². The lowest BCUT2D eigenvalue weighted by Crippen LogP contribution is -2.29. The predicted molar refractivity (Wildman–Crippen MR) is 135 cm³/mol. The fourth-order valence-electron chi connectivity index (χ4n) is 4.55. The van der Waals surface area contributed by atoms with E-state index in [1.165, 1.54) is 0 Å². The first-order valence-corrected chi connectivity index (χ1v) is 12.3. The number of rotatable bonds is 9. The van der Waals surface area contributed by atoms with Gasteiger partial charge in [0.05, 0.1) is 28.6 Å². The molecule has 3 aromatic rings. The van der Waals surface area contributed by atoms with Crippen molar-refractivity contribution in [2.75, 3.05) is 33.4 Å². The van der Waals surface area contributed by atoms with E-state index >= 15 is 0 Å². The van der Waals surface area contributed by atoms with Crippen LogP contribution in [0.1, 0.15) is 41.1 Å². The van der Waals surface area contributed by atoms with E-state index in [1.807, 2.05) is 20.8 Å². The zero-order chi connectivity index (χ0) is 25.7. The molecule has 0 spiro atoms. The van der Waals surface area contributed by atoms with Crippen molar-refractivity contribution in [3.05, 3.63) is 46.5 Å². The van der Waals surface area contributed by atoms with Crippen molar-refractivity contribution < 1.29 is 19.1 Å². The average molecular weight is 492 g/mol. The van der Waals surface area contributed by atoms with Gasteiger partial charge in [0.15, 0.2) is 5.82 Å². The SMILES string of the molecule is CNCC(O)COc1ccc(C#N)c(-c2nc(CC3CCOCC3)c(C)c(-c3c(C)noc3C)n2)c1. The highest BCUT2D eigenvalue weighted by molar-refractivity contribution is 5.73. The molecule has 1 fully saturated rings. The van der Waals surface area contributed by atoms with Crippen LogP contribution >= 0.6 is 0 Å². The number of aliphatic hydroxyl groups excluding tert-OH is 1. The monoisotopic (exact) mass is 491 g/mol. The quantitative estimate of drug-likeness (QED) is 0.462. The van der Waals surface area contributed by atoms with Gasteiger partial charge in [-0.1, -0.05) is 5.16 Å². The van der Waals surface area contributed by atoms with Gasteiger partial charge in [-0.15, -0.1) is 0 Å². The largest absolute Gasteiger partial charge is 0.491 e. The molecule has 2 aromatic heterocycles. The van der Waals surface area contributed by atoms with Crippen molar-refractivity contribution >= 4 is 0 Å². The maximum Gasteiger partial charge on any atom is 0.161 e. The molecule has 1 aliphatic heterocycles. The minimum absolute atomic E-state index is 0.125. The van der Waals surface area contributed by atoms with Crippen molar-refractivity contribution in [3.63, 3.8) is 0 Å². The van der Waals surface area contributed by atoms with E-state index in [4.69, 9.17) is 24.0 Å². The van der Waals surface area contributed by atoms with Gasteiger partial charge in [0, 0.05) is 31.0 Å². The Balaban J connectivity index is 1.79. The fraction of sp³-hybridized carbons (Fsp3) is 0.481. The van der Waals surface area contributed by atoms with Crippen LogP contribution in [0.3, 0.4) is 0 Å². The highest BCUT2D eigenvalue weighted by Crippen LogP contribution is 2.34. The van der Waals surface area contributed by atoms with Crippen LogP contribution in [-0.2, 0) is 11.2 Å². The van der Waals surface area contributed by atoms with Crippen molar-refractivity contribution in [1.82, 2.24) is 20.4 Å². The Morgan fingerprint density at radius 1 is 1.22 bits per heavy atom. The van der Waals surface area contributed by atoms with Gasteiger partial charge < -0.3 is 24.4 Å². The Morgan fingerprint density at radius 3 is 2.67 bits per heavy atom. The number of ether oxygens (including phenoxy) is 2. The van der Waals surface area contributed by atoms with E-state index < -0.39 is 6.10 Å². The lowest BCUT2D eigenvalue weighted by Gasteiger charge is -2.23. The van der Waals surface area contributed by atoms with E-state index in [-0.39, 0.29) is 6.61 Å². The summed E-state index contributed by atoms with van der Waals surface area (Å²) in [5.74, 6) is 2.15. The highest BCUT2D eigenvalue weighted by atomic mass is 16.5. The Kier molecular flexibility index (Phi) is 8.31. The van der Waals surface area contributed by atoms with Crippen molar-refractivity contribution in [2.45, 2.75) is 46.1 Å². The Labute approximate surface area is 211 Å². The summed E-state index contributed by atoms with van der Waals surface area (Å²) in [5, 5.41) is 26.9. The predicted octanol–water partition coefficient (Wildman–Crippen LogP) is 3.52. The van der Waals surface area contributed by atoms with E-state index in [2.05, 4.69) is 16.5 Å². The summed E-state index contributed by atoms with van der Waals surface area (Å²) in [6, 6.07) is 7.45. The third-order valence-electron chi connectivity index (χ3n) is 6.57. The van der Waals surface area contributed by atoms with E-state index in [0.29, 0.717) is 40.9 Å². The Hall–Kier alpha value is -3.32. The van der Waals surface area contributed by atoms with Crippen LogP contribution in [0.15, 0.2) is 22.7 Å². The first kappa shape index (κ1) is 25.8. The molecule has 3 heterocycles. The smallest absolute Gasteiger partial charge is 0.161 e. The number of nitrogens with zero attached hydrogens (tertiary/aromatic N) is 4. The van der Waals surface area contributed by atoms with Crippen molar-refractivity contribution in [3.8, 4) is 34.5 Å². The zero-order valence-corrected chi connectivity index (χ0v) is 21.3. The van der Waals surface area contributed by atoms with E-state index in [0.717, 1.165) is 60.7 Å². The number of likely N-dealkylation sites (N-methyl/N-ethyl adjacent to an activating group) is 1. The number of aliphatic hydroxyl groups is 1. The summed E-state index contributed by atoms with van der Waals surface area (Å²) in [5.41, 5.74) is 5.34. The van der Waals surface area contributed by atoms with Gasteiger partial charge in [-0.25, -0.2) is 9.97 Å². The lowest BCUT2D eigenvalue weighted by molar-refractivity contribution is 0.0662. The minimum atomic E-state index is -0.651. The second-order valence-corrected chi connectivity index (χ2v) is 9.27. The number of hydrogen-bond donors (Lipinski definition) is 2. The molecule has 0 bridgehead atoms. The molecule has 2 N–H and O–H groups in total. The summed E-state index contributed by atoms with van der Waals surface area (Å²) in [6.07, 6.45) is 2.12. The molecule has 1 aliphatic rings. The minimum Gasteiger partial charge on any atom is -0.491 e. The number of nitriles is 1. The van der Waals surface area contributed by atoms with Gasteiger partial charge in [0.1, 0.15) is 24.2 Å². The number of benzene rings is 1. The van der Waals surface area contributed by atoms with E-state index in [9.17, 15) is 10.4 Å². The number of nitrogens with one attached hydrogen (secondary N) is 1. The van der Waals surface area contributed by atoms with Gasteiger partial charge in [-0.2, -0.15) is 5.26 Å². The van der Waals surface area contributed by atoms with Crippen molar-refractivity contribution in [2.24, 2.45) is 5.92 Å². The van der Waals surface area contributed by atoms with Gasteiger partial charge in [0.25, 0.3) is 0 Å². The first-order chi connectivity index (χ1) is 17.4. The molecule has 0 radical (unpaired) electrons. The standard InChI is InChI=1S/C27H33N5O4/c1-16-24(11-19-7-9-34-10-8-19)30-27(31-26(16)25-17(2)32-36-18(25)3)23-12-22(6-5-20(23)13-28)35-15-21(33)14-29-4/h5-6,12,19,21,29,33H,7-11,14-15H2,1-4H3. The average Bonchev–Trinajstić information content (AvgIpc) is 3.22. The van der Waals surface area contributed by atoms with Crippen molar-refractivity contribution in [1.29, 1.82) is 5.26 Å². The summed E-state index contributed by atoms with van der Waals surface area (Å²) >= 11 is 0. The summed E-state index contributed by atoms with van der Waals surface area (Å²) < 4.78 is 16.8. The molecule has 1 atom stereocenters. The molecule has 1 saturated heterocycles. The molecule has 9 nitrogen and oxygen atoms in total. The molecule has 0 amide bonds. The van der Waals surface area contributed by atoms with Crippen LogP contribution in [0.2, 0.25) is 0 Å². The molecule has 4 rings (SSSR count). The first-order valence-electron chi connectivity index (χ1n) is 12.3. The number of aromatic nitrogens is 3. The van der Waals surface area contributed by atoms with Crippen LogP contribution in [0, 0.1) is 38.0 Å². The van der Waals surface area contributed by atoms with Crippen LogP contribution in [0.4, 0.5) is 0 Å². The van der Waals surface area contributed by atoms with Gasteiger partial charge >= 0.3 is 0 Å². The van der Waals surface area contributed by atoms with Gasteiger partial charge in [-0.05, 0) is 76.8 Å². The molecule has 1 aromatic carbocycles. The molecule has 1 unspecified atom stereocenters. The fourth-order valence-corrected chi connectivity index (χ4v) is 4.55. The third-order valence-corrected chi connectivity index (χ3v) is 6.57. The summed E-state index contributed by atoms with van der Waals surface area (Å²) in [7, 11) is 1.77. The van der Waals surface area contributed by atoms with Crippen LogP contribution in [0.5, 0.6) is 5.75 Å². The lowest BCUT2D eigenvalue weighted by atomic mass is 9.91. The number of aryl methyl sites for hydroxylation is 2. The molecule has 190 valence electrons. The molecule has 0 saturated carbocycles. The molecular formula is C27H33N5O4. The summed E-state index contributed by atoms with van der Waals surface area (Å²) in [4.78, 5) is 9.90. The molecule has 9 heteroatoms. The molecule has 36 heavy (non-hydrogen) atoms. The number of hydrogen-bond acceptors (Lipinski definition) is 9.